The Morgan fingerprint density at radius 2 is 1.78 bits per heavy atom. The Bertz CT molecular complexity index is 1120. The molecule has 27 heavy (non-hydrogen) atoms. The highest BCUT2D eigenvalue weighted by Gasteiger charge is 2.35. The van der Waals surface area contributed by atoms with Gasteiger partial charge in [0.15, 0.2) is 0 Å². The molecule has 0 radical (unpaired) electrons. The van der Waals surface area contributed by atoms with Gasteiger partial charge < -0.3 is 4.57 Å². The van der Waals surface area contributed by atoms with Crippen LogP contribution < -0.4 is 0 Å². The molecule has 2 heterocycles. The molecule has 1 aliphatic heterocycles. The predicted octanol–water partition coefficient (Wildman–Crippen LogP) is 4.86. The second kappa shape index (κ2) is 6.70. The zero-order valence-electron chi connectivity index (χ0n) is 14.9. The van der Waals surface area contributed by atoms with Gasteiger partial charge in [0, 0.05) is 34.8 Å². The van der Waals surface area contributed by atoms with Crippen LogP contribution in [0.1, 0.15) is 16.8 Å². The lowest BCUT2D eigenvalue weighted by molar-refractivity contribution is -0.123. The van der Waals surface area contributed by atoms with Crippen molar-refractivity contribution in [2.45, 2.75) is 13.5 Å². The lowest BCUT2D eigenvalue weighted by Crippen LogP contribution is -2.27. The molecule has 0 N–H and O–H groups in total. The smallest absolute Gasteiger partial charge is 0.293 e. The molecule has 1 saturated heterocycles. The topological polar surface area (TPSA) is 42.3 Å². The number of carbonyl (C=O) groups is 2. The number of aromatic nitrogens is 1. The number of amides is 2. The van der Waals surface area contributed by atoms with Crippen molar-refractivity contribution < 1.29 is 14.0 Å². The van der Waals surface area contributed by atoms with E-state index in [0.29, 0.717) is 10.5 Å². The number of para-hydroxylation sites is 1. The molecule has 1 fully saturated rings. The van der Waals surface area contributed by atoms with Crippen LogP contribution in [-0.2, 0) is 18.4 Å². The summed E-state index contributed by atoms with van der Waals surface area (Å²) in [5.41, 5.74) is 3.32. The molecule has 1 aromatic heterocycles. The van der Waals surface area contributed by atoms with E-state index >= 15 is 0 Å². The van der Waals surface area contributed by atoms with Crippen molar-refractivity contribution in [1.29, 1.82) is 0 Å². The first-order valence-corrected chi connectivity index (χ1v) is 9.32. The van der Waals surface area contributed by atoms with Gasteiger partial charge in [-0.2, -0.15) is 0 Å². The normalized spacial score (nSPS) is 16.1. The largest absolute Gasteiger partial charge is 0.347 e. The molecular weight excluding hydrogens is 363 g/mol. The molecule has 1 aliphatic rings. The van der Waals surface area contributed by atoms with Crippen molar-refractivity contribution in [3.63, 3.8) is 0 Å². The highest BCUT2D eigenvalue weighted by Crippen LogP contribution is 2.36. The molecule has 2 aromatic carbocycles. The second-order valence-corrected chi connectivity index (χ2v) is 7.43. The Morgan fingerprint density at radius 3 is 2.56 bits per heavy atom. The van der Waals surface area contributed by atoms with E-state index < -0.39 is 5.82 Å². The van der Waals surface area contributed by atoms with Gasteiger partial charge in [-0.25, -0.2) is 4.39 Å². The first-order chi connectivity index (χ1) is 13.0. The SMILES string of the molecule is Cc1c(/C=C2\SC(=O)N(Cc3ccccc3F)C2=O)c2ccccc2n1C. The minimum absolute atomic E-state index is 0.0663. The minimum Gasteiger partial charge on any atom is -0.347 e. The summed E-state index contributed by atoms with van der Waals surface area (Å²) >= 11 is 0.895. The summed E-state index contributed by atoms with van der Waals surface area (Å²) in [4.78, 5) is 26.6. The van der Waals surface area contributed by atoms with E-state index in [1.165, 1.54) is 6.07 Å². The maximum atomic E-state index is 13.9. The Balaban J connectivity index is 1.70. The van der Waals surface area contributed by atoms with Gasteiger partial charge >= 0.3 is 0 Å². The first kappa shape index (κ1) is 17.5. The van der Waals surface area contributed by atoms with Gasteiger partial charge in [0.05, 0.1) is 11.4 Å². The number of rotatable bonds is 3. The third kappa shape index (κ3) is 2.96. The van der Waals surface area contributed by atoms with Crippen molar-refractivity contribution in [2.24, 2.45) is 7.05 Å². The Hall–Kier alpha value is -2.86. The Morgan fingerprint density at radius 1 is 1.07 bits per heavy atom. The molecule has 136 valence electrons. The van der Waals surface area contributed by atoms with Gasteiger partial charge in [0.2, 0.25) is 0 Å². The number of nitrogens with zero attached hydrogens (tertiary/aromatic N) is 2. The van der Waals surface area contributed by atoms with E-state index in [9.17, 15) is 14.0 Å². The van der Waals surface area contributed by atoms with Crippen LogP contribution in [0.15, 0.2) is 53.4 Å². The van der Waals surface area contributed by atoms with Crippen LogP contribution in [0.25, 0.3) is 17.0 Å². The molecule has 3 aromatic rings. The van der Waals surface area contributed by atoms with E-state index in [4.69, 9.17) is 0 Å². The van der Waals surface area contributed by atoms with Crippen LogP contribution in [0.3, 0.4) is 0 Å². The molecule has 0 saturated carbocycles. The van der Waals surface area contributed by atoms with Gasteiger partial charge in [-0.15, -0.1) is 0 Å². The number of fused-ring (bicyclic) bond motifs is 1. The van der Waals surface area contributed by atoms with Crippen molar-refractivity contribution >= 4 is 39.9 Å². The van der Waals surface area contributed by atoms with Crippen LogP contribution in [0, 0.1) is 12.7 Å². The number of hydrogen-bond acceptors (Lipinski definition) is 3. The van der Waals surface area contributed by atoms with E-state index in [1.807, 2.05) is 38.2 Å². The van der Waals surface area contributed by atoms with Crippen molar-refractivity contribution in [3.8, 4) is 0 Å². The molecule has 0 aliphatic carbocycles. The van der Waals surface area contributed by atoms with Gasteiger partial charge in [-0.3, -0.25) is 14.5 Å². The molecule has 0 spiro atoms. The standard InChI is InChI=1S/C21H17FN2O2S/c1-13-16(15-8-4-6-10-18(15)23(13)2)11-19-20(25)24(21(26)27-19)12-14-7-3-5-9-17(14)22/h3-11H,12H2,1-2H3/b19-11-. The van der Waals surface area contributed by atoms with Crippen molar-refractivity contribution in [3.05, 3.63) is 76.1 Å². The third-order valence-corrected chi connectivity index (χ3v) is 5.79. The van der Waals surface area contributed by atoms with E-state index in [2.05, 4.69) is 4.57 Å². The zero-order chi connectivity index (χ0) is 19.1. The van der Waals surface area contributed by atoms with Gasteiger partial charge in [-0.05, 0) is 36.9 Å². The average Bonchev–Trinajstić information content (AvgIpc) is 3.07. The number of thioether (sulfide) groups is 1. The molecule has 4 rings (SSSR count). The van der Waals surface area contributed by atoms with Gasteiger partial charge in [0.1, 0.15) is 5.82 Å². The van der Waals surface area contributed by atoms with E-state index in [0.717, 1.165) is 38.8 Å². The summed E-state index contributed by atoms with van der Waals surface area (Å²) in [5.74, 6) is -0.814. The summed E-state index contributed by atoms with van der Waals surface area (Å²) in [7, 11) is 1.97. The molecule has 4 nitrogen and oxygen atoms in total. The predicted molar refractivity (Wildman–Crippen MR) is 106 cm³/mol. The number of imide groups is 1. The Kier molecular flexibility index (Phi) is 4.36. The maximum Gasteiger partial charge on any atom is 0.293 e. The number of carbonyl (C=O) groups excluding carboxylic acids is 2. The Labute approximate surface area is 160 Å². The molecule has 6 heteroatoms. The highest BCUT2D eigenvalue weighted by molar-refractivity contribution is 8.18. The molecule has 0 unspecified atom stereocenters. The zero-order valence-corrected chi connectivity index (χ0v) is 15.7. The summed E-state index contributed by atoms with van der Waals surface area (Å²) in [6.07, 6.45) is 1.77. The van der Waals surface area contributed by atoms with Crippen LogP contribution in [0.4, 0.5) is 9.18 Å². The molecule has 2 amide bonds. The fourth-order valence-corrected chi connectivity index (χ4v) is 4.12. The second-order valence-electron chi connectivity index (χ2n) is 6.43. The van der Waals surface area contributed by atoms with Crippen LogP contribution >= 0.6 is 11.8 Å². The lowest BCUT2D eigenvalue weighted by atomic mass is 10.1. The molecular formula is C21H17FN2O2S. The summed E-state index contributed by atoms with van der Waals surface area (Å²) in [6, 6.07) is 14.1. The van der Waals surface area contributed by atoms with Crippen LogP contribution in [0.5, 0.6) is 0 Å². The number of benzene rings is 2. The van der Waals surface area contributed by atoms with Crippen LogP contribution in [-0.4, -0.2) is 20.6 Å². The fourth-order valence-electron chi connectivity index (χ4n) is 3.30. The first-order valence-electron chi connectivity index (χ1n) is 8.50. The summed E-state index contributed by atoms with van der Waals surface area (Å²) < 4.78 is 16.0. The number of aryl methyl sites for hydroxylation is 1. The minimum atomic E-state index is -0.426. The van der Waals surface area contributed by atoms with Gasteiger partial charge in [-0.1, -0.05) is 36.4 Å². The fraction of sp³-hybridized carbons (Fsp3) is 0.143. The van der Waals surface area contributed by atoms with E-state index in [1.54, 1.807) is 24.3 Å². The van der Waals surface area contributed by atoms with Crippen LogP contribution in [0.2, 0.25) is 0 Å². The maximum absolute atomic E-state index is 13.9. The monoisotopic (exact) mass is 380 g/mol. The third-order valence-electron chi connectivity index (χ3n) is 4.88. The van der Waals surface area contributed by atoms with Gasteiger partial charge in [0.25, 0.3) is 11.1 Å². The molecule has 0 bridgehead atoms. The number of hydrogen-bond donors (Lipinski definition) is 0. The quantitative estimate of drug-likeness (QED) is 0.609. The lowest BCUT2D eigenvalue weighted by Gasteiger charge is -2.12. The highest BCUT2D eigenvalue weighted by atomic mass is 32.2. The average molecular weight is 380 g/mol. The van der Waals surface area contributed by atoms with Crippen molar-refractivity contribution in [2.75, 3.05) is 0 Å². The number of halogens is 1. The van der Waals surface area contributed by atoms with Crippen molar-refractivity contribution in [1.82, 2.24) is 9.47 Å². The summed E-state index contributed by atoms with van der Waals surface area (Å²) in [6.45, 7) is 1.92. The summed E-state index contributed by atoms with van der Waals surface area (Å²) in [5, 5.41) is 0.644. The molecule has 0 atom stereocenters. The van der Waals surface area contributed by atoms with E-state index in [-0.39, 0.29) is 17.7 Å².